The molecule has 1 rings (SSSR count). The molecule has 0 bridgehead atoms. The lowest BCUT2D eigenvalue weighted by atomic mass is 9.99. The highest BCUT2D eigenvalue weighted by Gasteiger charge is 2.22. The summed E-state index contributed by atoms with van der Waals surface area (Å²) in [5.74, 6) is -0.670. The van der Waals surface area contributed by atoms with Crippen LogP contribution in [0.5, 0.6) is 0 Å². The van der Waals surface area contributed by atoms with Crippen molar-refractivity contribution in [3.05, 3.63) is 34.3 Å². The molecule has 1 atom stereocenters. The van der Waals surface area contributed by atoms with Gasteiger partial charge in [0.25, 0.3) is 0 Å². The van der Waals surface area contributed by atoms with E-state index in [2.05, 4.69) is 22.0 Å². The molecule has 18 heavy (non-hydrogen) atoms. The Balaban J connectivity index is 2.76. The lowest BCUT2D eigenvalue weighted by molar-refractivity contribution is -0.133. The van der Waals surface area contributed by atoms with Crippen LogP contribution in [0.1, 0.15) is 19.4 Å². The number of nitrogens with zero attached hydrogens (tertiary/aromatic N) is 2. The van der Waals surface area contributed by atoms with Gasteiger partial charge >= 0.3 is 0 Å². The van der Waals surface area contributed by atoms with Crippen LogP contribution < -0.4 is 0 Å². The number of nitriles is 1. The molecule has 0 spiro atoms. The van der Waals surface area contributed by atoms with Crippen LogP contribution in [-0.2, 0) is 11.2 Å². The molecule has 96 valence electrons. The summed E-state index contributed by atoms with van der Waals surface area (Å²) in [7, 11) is 0. The number of benzene rings is 1. The zero-order chi connectivity index (χ0) is 13.5. The molecule has 1 unspecified atom stereocenters. The second kappa shape index (κ2) is 7.17. The average Bonchev–Trinajstić information content (AvgIpc) is 2.39. The second-order valence-corrected chi connectivity index (χ2v) is 4.94. The number of amides is 1. The molecule has 0 aliphatic rings. The number of hydrogen-bond donors (Lipinski definition) is 0. The maximum atomic E-state index is 12.1. The number of hydrogen-bond acceptors (Lipinski definition) is 2. The van der Waals surface area contributed by atoms with E-state index in [-0.39, 0.29) is 5.91 Å². The third-order valence-electron chi connectivity index (χ3n) is 2.88. The van der Waals surface area contributed by atoms with Gasteiger partial charge in [-0.05, 0) is 38.0 Å². The van der Waals surface area contributed by atoms with Gasteiger partial charge in [0.2, 0.25) is 5.91 Å². The number of carbonyl (C=O) groups excluding carboxylic acids is 1. The summed E-state index contributed by atoms with van der Waals surface area (Å²) in [6.45, 7) is 5.15. The minimum absolute atomic E-state index is 0.0783. The van der Waals surface area contributed by atoms with Gasteiger partial charge in [-0.15, -0.1) is 0 Å². The summed E-state index contributed by atoms with van der Waals surface area (Å²) in [6.07, 6.45) is 0.471. The van der Waals surface area contributed by atoms with Crippen molar-refractivity contribution in [1.82, 2.24) is 4.90 Å². The molecule has 3 nitrogen and oxygen atoms in total. The minimum atomic E-state index is -0.592. The maximum Gasteiger partial charge on any atom is 0.240 e. The van der Waals surface area contributed by atoms with Gasteiger partial charge in [0.15, 0.2) is 0 Å². The molecule has 0 fully saturated rings. The van der Waals surface area contributed by atoms with E-state index < -0.39 is 5.92 Å². The Bertz CT molecular complexity index is 432. The molecule has 0 radical (unpaired) electrons. The smallest absolute Gasteiger partial charge is 0.240 e. The molecule has 0 heterocycles. The third kappa shape index (κ3) is 3.85. The van der Waals surface area contributed by atoms with Crippen molar-refractivity contribution >= 4 is 21.8 Å². The Kier molecular flexibility index (Phi) is 5.87. The molecule has 4 heteroatoms. The molecule has 0 aromatic heterocycles. The zero-order valence-corrected chi connectivity index (χ0v) is 12.3. The van der Waals surface area contributed by atoms with Crippen LogP contribution >= 0.6 is 15.9 Å². The van der Waals surface area contributed by atoms with Crippen LogP contribution in [0.2, 0.25) is 0 Å². The first-order valence-corrected chi connectivity index (χ1v) is 6.84. The van der Waals surface area contributed by atoms with Crippen molar-refractivity contribution in [3.63, 3.8) is 0 Å². The molecular formula is C14H17BrN2O. The second-order valence-electron chi connectivity index (χ2n) is 4.02. The third-order valence-corrected chi connectivity index (χ3v) is 3.41. The normalized spacial score (nSPS) is 11.7. The first-order valence-electron chi connectivity index (χ1n) is 6.05. The molecule has 0 saturated carbocycles. The van der Waals surface area contributed by atoms with Crippen molar-refractivity contribution in [2.45, 2.75) is 20.3 Å². The molecule has 0 N–H and O–H groups in total. The Morgan fingerprint density at radius 3 is 2.33 bits per heavy atom. The molecule has 1 aromatic carbocycles. The van der Waals surface area contributed by atoms with Gasteiger partial charge in [0.1, 0.15) is 5.92 Å². The first kappa shape index (κ1) is 14.7. The van der Waals surface area contributed by atoms with Gasteiger partial charge in [0.05, 0.1) is 6.07 Å². The van der Waals surface area contributed by atoms with E-state index in [1.165, 1.54) is 0 Å². The predicted octanol–water partition coefficient (Wildman–Crippen LogP) is 3.00. The summed E-state index contributed by atoms with van der Waals surface area (Å²) in [6, 6.07) is 9.82. The van der Waals surface area contributed by atoms with Crippen LogP contribution in [0, 0.1) is 17.2 Å². The van der Waals surface area contributed by atoms with Gasteiger partial charge in [-0.2, -0.15) is 5.26 Å². The number of halogens is 1. The topological polar surface area (TPSA) is 44.1 Å². The molecule has 1 aromatic rings. The lowest BCUT2D eigenvalue weighted by Gasteiger charge is -2.21. The van der Waals surface area contributed by atoms with E-state index in [1.54, 1.807) is 4.90 Å². The van der Waals surface area contributed by atoms with E-state index in [1.807, 2.05) is 38.1 Å². The van der Waals surface area contributed by atoms with E-state index in [0.29, 0.717) is 19.5 Å². The Morgan fingerprint density at radius 2 is 1.89 bits per heavy atom. The van der Waals surface area contributed by atoms with Crippen LogP contribution in [0.25, 0.3) is 0 Å². The standard InChI is InChI=1S/C14H17BrN2O/c1-3-17(4-2)14(18)12(10-16)9-11-5-7-13(15)8-6-11/h5-8,12H,3-4,9H2,1-2H3. The Morgan fingerprint density at radius 1 is 1.33 bits per heavy atom. The van der Waals surface area contributed by atoms with Crippen LogP contribution in [0.15, 0.2) is 28.7 Å². The minimum Gasteiger partial charge on any atom is -0.342 e. The zero-order valence-electron chi connectivity index (χ0n) is 10.7. The van der Waals surface area contributed by atoms with Crippen molar-refractivity contribution in [3.8, 4) is 6.07 Å². The molecule has 1 amide bonds. The maximum absolute atomic E-state index is 12.1. The lowest BCUT2D eigenvalue weighted by Crippen LogP contribution is -2.36. The fourth-order valence-electron chi connectivity index (χ4n) is 1.80. The number of carbonyl (C=O) groups is 1. The molecule has 0 saturated heterocycles. The van der Waals surface area contributed by atoms with Gasteiger partial charge in [-0.25, -0.2) is 0 Å². The van der Waals surface area contributed by atoms with E-state index in [4.69, 9.17) is 5.26 Å². The van der Waals surface area contributed by atoms with Crippen molar-refractivity contribution < 1.29 is 4.79 Å². The van der Waals surface area contributed by atoms with Crippen LogP contribution in [0.4, 0.5) is 0 Å². The van der Waals surface area contributed by atoms with E-state index in [9.17, 15) is 4.79 Å². The highest BCUT2D eigenvalue weighted by Crippen LogP contribution is 2.15. The fourth-order valence-corrected chi connectivity index (χ4v) is 2.06. The molecular weight excluding hydrogens is 292 g/mol. The molecule has 0 aliphatic heterocycles. The summed E-state index contributed by atoms with van der Waals surface area (Å²) < 4.78 is 0.995. The summed E-state index contributed by atoms with van der Waals surface area (Å²) in [4.78, 5) is 13.8. The average molecular weight is 309 g/mol. The monoisotopic (exact) mass is 308 g/mol. The first-order chi connectivity index (χ1) is 8.62. The van der Waals surface area contributed by atoms with Gasteiger partial charge in [0, 0.05) is 17.6 Å². The Hall–Kier alpha value is -1.34. The molecule has 0 aliphatic carbocycles. The quantitative estimate of drug-likeness (QED) is 0.839. The van der Waals surface area contributed by atoms with Crippen molar-refractivity contribution in [2.75, 3.05) is 13.1 Å². The number of rotatable bonds is 5. The summed E-state index contributed by atoms with van der Waals surface area (Å²) in [5, 5.41) is 9.15. The van der Waals surface area contributed by atoms with E-state index >= 15 is 0 Å². The van der Waals surface area contributed by atoms with Gasteiger partial charge in [-0.3, -0.25) is 4.79 Å². The highest BCUT2D eigenvalue weighted by atomic mass is 79.9. The highest BCUT2D eigenvalue weighted by molar-refractivity contribution is 9.10. The summed E-state index contributed by atoms with van der Waals surface area (Å²) >= 11 is 3.36. The summed E-state index contributed by atoms with van der Waals surface area (Å²) in [5.41, 5.74) is 1.00. The van der Waals surface area contributed by atoms with Crippen LogP contribution in [-0.4, -0.2) is 23.9 Å². The van der Waals surface area contributed by atoms with Crippen molar-refractivity contribution in [2.24, 2.45) is 5.92 Å². The van der Waals surface area contributed by atoms with Crippen LogP contribution in [0.3, 0.4) is 0 Å². The van der Waals surface area contributed by atoms with Crippen molar-refractivity contribution in [1.29, 1.82) is 5.26 Å². The van der Waals surface area contributed by atoms with E-state index in [0.717, 1.165) is 10.0 Å². The van der Waals surface area contributed by atoms with Gasteiger partial charge < -0.3 is 4.90 Å². The van der Waals surface area contributed by atoms with Gasteiger partial charge in [-0.1, -0.05) is 28.1 Å². The Labute approximate surface area is 117 Å². The largest absolute Gasteiger partial charge is 0.342 e. The SMILES string of the molecule is CCN(CC)C(=O)C(C#N)Cc1ccc(Br)cc1. The fraction of sp³-hybridized carbons (Fsp3) is 0.429. The predicted molar refractivity (Wildman–Crippen MR) is 74.9 cm³/mol.